The summed E-state index contributed by atoms with van der Waals surface area (Å²) in [7, 11) is 0. The smallest absolute Gasteiger partial charge is 0.316 e. The maximum atomic E-state index is 12.6. The third-order valence-electron chi connectivity index (χ3n) is 5.22. The zero-order valence-corrected chi connectivity index (χ0v) is 16.5. The molecule has 0 aromatic heterocycles. The number of rotatable bonds is 4. The summed E-state index contributed by atoms with van der Waals surface area (Å²) >= 11 is 0. The molecule has 30 heavy (non-hydrogen) atoms. The molecule has 0 unspecified atom stereocenters. The van der Waals surface area contributed by atoms with E-state index in [-0.39, 0.29) is 12.3 Å². The highest BCUT2D eigenvalue weighted by molar-refractivity contribution is 5.99. The van der Waals surface area contributed by atoms with Gasteiger partial charge < -0.3 is 9.64 Å². The van der Waals surface area contributed by atoms with Crippen molar-refractivity contribution in [2.24, 2.45) is 5.92 Å². The highest BCUT2D eigenvalue weighted by Gasteiger charge is 2.36. The Kier molecular flexibility index (Phi) is 5.32. The molecule has 0 aliphatic carbocycles. The second-order valence-corrected chi connectivity index (χ2v) is 7.38. The van der Waals surface area contributed by atoms with Crippen molar-refractivity contribution in [1.29, 1.82) is 5.26 Å². The molecule has 148 valence electrons. The topological polar surface area (TPSA) is 70.4 Å². The minimum Gasteiger partial charge on any atom is -0.426 e. The van der Waals surface area contributed by atoms with Crippen LogP contribution in [0.1, 0.15) is 17.5 Å². The lowest BCUT2D eigenvalue weighted by molar-refractivity contribution is -0.139. The molecule has 3 aromatic carbocycles. The molecule has 1 fully saturated rings. The van der Waals surface area contributed by atoms with Crippen LogP contribution >= 0.6 is 0 Å². The molecule has 0 bridgehead atoms. The Morgan fingerprint density at radius 1 is 0.967 bits per heavy atom. The van der Waals surface area contributed by atoms with E-state index in [1.807, 2.05) is 55.5 Å². The van der Waals surface area contributed by atoms with Crippen molar-refractivity contribution in [3.63, 3.8) is 0 Å². The molecule has 1 amide bonds. The Balaban J connectivity index is 1.40. The van der Waals surface area contributed by atoms with Crippen LogP contribution in [0.3, 0.4) is 0 Å². The second-order valence-electron chi connectivity index (χ2n) is 7.38. The van der Waals surface area contributed by atoms with Crippen molar-refractivity contribution < 1.29 is 14.3 Å². The number of benzene rings is 3. The Bertz CT molecular complexity index is 1110. The van der Waals surface area contributed by atoms with Crippen LogP contribution < -0.4 is 9.64 Å². The number of carbonyl (C=O) groups excluding carboxylic acids is 2. The fourth-order valence-electron chi connectivity index (χ4n) is 3.49. The summed E-state index contributed by atoms with van der Waals surface area (Å²) in [5.74, 6) is -0.517. The molecule has 4 rings (SSSR count). The van der Waals surface area contributed by atoms with Gasteiger partial charge in [-0.25, -0.2) is 0 Å². The number of aryl methyl sites for hydroxylation is 1. The van der Waals surface area contributed by atoms with Gasteiger partial charge in [0.1, 0.15) is 5.75 Å². The Labute approximate surface area is 175 Å². The van der Waals surface area contributed by atoms with E-state index in [1.165, 1.54) is 0 Å². The maximum absolute atomic E-state index is 12.6. The second kappa shape index (κ2) is 8.22. The van der Waals surface area contributed by atoms with Crippen LogP contribution in [0.4, 0.5) is 5.69 Å². The average molecular weight is 396 g/mol. The lowest BCUT2D eigenvalue weighted by Gasteiger charge is -2.16. The van der Waals surface area contributed by atoms with E-state index in [9.17, 15) is 9.59 Å². The van der Waals surface area contributed by atoms with Gasteiger partial charge in [-0.1, -0.05) is 42.0 Å². The molecule has 1 aliphatic rings. The first-order valence-electron chi connectivity index (χ1n) is 9.73. The van der Waals surface area contributed by atoms with Crippen molar-refractivity contribution in [3.05, 3.63) is 83.9 Å². The van der Waals surface area contributed by atoms with E-state index < -0.39 is 11.9 Å². The number of hydrogen-bond donors (Lipinski definition) is 0. The van der Waals surface area contributed by atoms with E-state index in [2.05, 4.69) is 6.07 Å². The van der Waals surface area contributed by atoms with Gasteiger partial charge in [0.05, 0.1) is 17.6 Å². The SMILES string of the molecule is Cc1ccc(N2C[C@@H](C(=O)Oc3ccc(-c4ccc(C#N)cc4)cc3)CC2=O)cc1. The van der Waals surface area contributed by atoms with Gasteiger partial charge >= 0.3 is 5.97 Å². The normalized spacial score (nSPS) is 15.7. The standard InChI is InChI=1S/C25H20N2O3/c1-17-2-10-22(11-3-17)27-16-21(14-24(27)28)25(29)30-23-12-8-20(9-13-23)19-6-4-18(15-26)5-7-19/h2-13,21H,14,16H2,1H3/t21-/m0/s1. The van der Waals surface area contributed by atoms with Crippen LogP contribution in [0, 0.1) is 24.2 Å². The predicted molar refractivity (Wildman–Crippen MR) is 114 cm³/mol. The number of anilines is 1. The molecule has 1 atom stereocenters. The van der Waals surface area contributed by atoms with Crippen molar-refractivity contribution in [2.75, 3.05) is 11.4 Å². The zero-order valence-electron chi connectivity index (χ0n) is 16.5. The third-order valence-corrected chi connectivity index (χ3v) is 5.22. The van der Waals surface area contributed by atoms with Gasteiger partial charge in [0, 0.05) is 18.7 Å². The molecule has 5 nitrogen and oxygen atoms in total. The summed E-state index contributed by atoms with van der Waals surface area (Å²) in [5.41, 5.74) is 4.46. The first kappa shape index (κ1) is 19.4. The van der Waals surface area contributed by atoms with E-state index in [0.717, 1.165) is 22.4 Å². The Morgan fingerprint density at radius 3 is 2.17 bits per heavy atom. The van der Waals surface area contributed by atoms with Crippen LogP contribution in [-0.2, 0) is 9.59 Å². The molecule has 0 spiro atoms. The highest BCUT2D eigenvalue weighted by Crippen LogP contribution is 2.28. The summed E-state index contributed by atoms with van der Waals surface area (Å²) in [4.78, 5) is 26.6. The van der Waals surface area contributed by atoms with Crippen molar-refractivity contribution in [3.8, 4) is 22.9 Å². The molecule has 3 aromatic rings. The van der Waals surface area contributed by atoms with Crippen LogP contribution in [-0.4, -0.2) is 18.4 Å². The lowest BCUT2D eigenvalue weighted by atomic mass is 10.0. The summed E-state index contributed by atoms with van der Waals surface area (Å²) in [5, 5.41) is 8.90. The molecule has 0 radical (unpaired) electrons. The number of nitrogens with zero attached hydrogens (tertiary/aromatic N) is 2. The van der Waals surface area contributed by atoms with Gasteiger partial charge in [0.15, 0.2) is 0 Å². The maximum Gasteiger partial charge on any atom is 0.316 e. The first-order valence-corrected chi connectivity index (χ1v) is 9.73. The van der Waals surface area contributed by atoms with Gasteiger partial charge in [-0.2, -0.15) is 5.26 Å². The van der Waals surface area contributed by atoms with Crippen LogP contribution in [0.25, 0.3) is 11.1 Å². The summed E-state index contributed by atoms with van der Waals surface area (Å²) in [6.45, 7) is 2.31. The van der Waals surface area contributed by atoms with Gasteiger partial charge in [0.25, 0.3) is 0 Å². The monoisotopic (exact) mass is 396 g/mol. The largest absolute Gasteiger partial charge is 0.426 e. The summed E-state index contributed by atoms with van der Waals surface area (Å²) in [6, 6.07) is 24.3. The van der Waals surface area contributed by atoms with Gasteiger partial charge in [0.2, 0.25) is 5.91 Å². The number of nitriles is 1. The van der Waals surface area contributed by atoms with Gasteiger partial charge in [-0.05, 0) is 54.4 Å². The number of carbonyl (C=O) groups is 2. The molecule has 0 saturated carbocycles. The molecule has 1 saturated heterocycles. The summed E-state index contributed by atoms with van der Waals surface area (Å²) < 4.78 is 5.52. The summed E-state index contributed by atoms with van der Waals surface area (Å²) in [6.07, 6.45) is 0.149. The number of esters is 1. The fraction of sp³-hybridized carbons (Fsp3) is 0.160. The van der Waals surface area contributed by atoms with Crippen LogP contribution in [0.5, 0.6) is 5.75 Å². The Morgan fingerprint density at radius 2 is 1.57 bits per heavy atom. The quantitative estimate of drug-likeness (QED) is 0.481. The van der Waals surface area contributed by atoms with Gasteiger partial charge in [-0.3, -0.25) is 9.59 Å². The molecular weight excluding hydrogens is 376 g/mol. The predicted octanol–water partition coefficient (Wildman–Crippen LogP) is 4.49. The van der Waals surface area contributed by atoms with Crippen molar-refractivity contribution >= 4 is 17.6 Å². The van der Waals surface area contributed by atoms with Crippen molar-refractivity contribution in [1.82, 2.24) is 0 Å². The number of hydrogen-bond acceptors (Lipinski definition) is 4. The molecular formula is C25H20N2O3. The first-order chi connectivity index (χ1) is 14.5. The van der Waals surface area contributed by atoms with Gasteiger partial charge in [-0.15, -0.1) is 0 Å². The van der Waals surface area contributed by atoms with E-state index in [0.29, 0.717) is 17.9 Å². The zero-order chi connectivity index (χ0) is 21.1. The minimum absolute atomic E-state index is 0.0723. The molecule has 0 N–H and O–H groups in total. The molecule has 5 heteroatoms. The highest BCUT2D eigenvalue weighted by atomic mass is 16.5. The third kappa shape index (κ3) is 4.08. The van der Waals surface area contributed by atoms with E-state index >= 15 is 0 Å². The van der Waals surface area contributed by atoms with Crippen molar-refractivity contribution in [2.45, 2.75) is 13.3 Å². The fourth-order valence-corrected chi connectivity index (χ4v) is 3.49. The number of amides is 1. The Hall–Kier alpha value is -3.91. The van der Waals surface area contributed by atoms with E-state index in [1.54, 1.807) is 29.2 Å². The average Bonchev–Trinajstić information content (AvgIpc) is 3.17. The van der Waals surface area contributed by atoms with Crippen LogP contribution in [0.15, 0.2) is 72.8 Å². The van der Waals surface area contributed by atoms with E-state index in [4.69, 9.17) is 10.00 Å². The van der Waals surface area contributed by atoms with Crippen LogP contribution in [0.2, 0.25) is 0 Å². The number of ether oxygens (including phenoxy) is 1. The lowest BCUT2D eigenvalue weighted by Crippen LogP contribution is -2.27. The molecule has 1 aliphatic heterocycles. The minimum atomic E-state index is -0.489. The molecule has 1 heterocycles.